The second kappa shape index (κ2) is 5.79. The van der Waals surface area contributed by atoms with Gasteiger partial charge in [0.1, 0.15) is 0 Å². The predicted molar refractivity (Wildman–Crippen MR) is 66.6 cm³/mol. The maximum atomic E-state index is 11.7. The van der Waals surface area contributed by atoms with Crippen LogP contribution in [-0.2, 0) is 0 Å². The number of hydrogen-bond donors (Lipinski definition) is 2. The molecule has 2 N–H and O–H groups in total. The SMILES string of the molecule is CC(=N/NC(=O)c1ccc(C)cc1)/C(C)=N/O. The van der Waals surface area contributed by atoms with Crippen LogP contribution in [0.3, 0.4) is 0 Å². The summed E-state index contributed by atoms with van der Waals surface area (Å²) in [7, 11) is 0. The van der Waals surface area contributed by atoms with Gasteiger partial charge in [-0.25, -0.2) is 5.43 Å². The summed E-state index contributed by atoms with van der Waals surface area (Å²) < 4.78 is 0. The highest BCUT2D eigenvalue weighted by Gasteiger charge is 2.04. The van der Waals surface area contributed by atoms with E-state index in [9.17, 15) is 4.79 Å². The average molecular weight is 233 g/mol. The van der Waals surface area contributed by atoms with E-state index in [0.717, 1.165) is 5.56 Å². The quantitative estimate of drug-likeness (QED) is 0.475. The van der Waals surface area contributed by atoms with Gasteiger partial charge < -0.3 is 5.21 Å². The topological polar surface area (TPSA) is 74.0 Å². The molecule has 1 rings (SSSR count). The Morgan fingerprint density at radius 2 is 1.76 bits per heavy atom. The number of aryl methyl sites for hydroxylation is 1. The molecule has 0 heterocycles. The molecule has 0 bridgehead atoms. The van der Waals surface area contributed by atoms with Gasteiger partial charge in [-0.2, -0.15) is 5.10 Å². The molecule has 5 nitrogen and oxygen atoms in total. The molecule has 0 aromatic heterocycles. The Labute approximate surface area is 99.8 Å². The van der Waals surface area contributed by atoms with Crippen LogP contribution in [0.2, 0.25) is 0 Å². The maximum Gasteiger partial charge on any atom is 0.271 e. The van der Waals surface area contributed by atoms with E-state index >= 15 is 0 Å². The Morgan fingerprint density at radius 1 is 1.18 bits per heavy atom. The molecular formula is C12H15N3O2. The fourth-order valence-corrected chi connectivity index (χ4v) is 1.06. The fraction of sp³-hybridized carbons (Fsp3) is 0.250. The van der Waals surface area contributed by atoms with Crippen molar-refractivity contribution < 1.29 is 10.0 Å². The molecule has 0 fully saturated rings. The molecular weight excluding hydrogens is 218 g/mol. The standard InChI is InChI=1S/C12H15N3O2/c1-8-4-6-11(7-5-8)12(16)14-13-9(2)10(3)15-17/h4-7,17H,1-3H3,(H,14,16)/b13-9-,15-10+. The van der Waals surface area contributed by atoms with Crippen LogP contribution in [-0.4, -0.2) is 22.5 Å². The highest BCUT2D eigenvalue weighted by Crippen LogP contribution is 2.02. The number of carbonyl (C=O) groups excluding carboxylic acids is 1. The van der Waals surface area contributed by atoms with E-state index in [1.54, 1.807) is 26.0 Å². The first-order chi connectivity index (χ1) is 8.04. The van der Waals surface area contributed by atoms with Crippen molar-refractivity contribution in [3.63, 3.8) is 0 Å². The lowest BCUT2D eigenvalue weighted by Gasteiger charge is -2.02. The van der Waals surface area contributed by atoms with Crippen molar-refractivity contribution in [2.75, 3.05) is 0 Å². The van der Waals surface area contributed by atoms with E-state index in [4.69, 9.17) is 5.21 Å². The van der Waals surface area contributed by atoms with Crippen molar-refractivity contribution in [3.8, 4) is 0 Å². The molecule has 90 valence electrons. The van der Waals surface area contributed by atoms with Crippen LogP contribution in [0, 0.1) is 6.92 Å². The first-order valence-corrected chi connectivity index (χ1v) is 5.15. The van der Waals surface area contributed by atoms with Gasteiger partial charge in [0.05, 0.1) is 11.4 Å². The fourth-order valence-electron chi connectivity index (χ4n) is 1.06. The van der Waals surface area contributed by atoms with E-state index in [1.807, 2.05) is 19.1 Å². The Bertz CT molecular complexity index is 461. The van der Waals surface area contributed by atoms with Crippen molar-refractivity contribution in [1.82, 2.24) is 5.43 Å². The largest absolute Gasteiger partial charge is 0.411 e. The summed E-state index contributed by atoms with van der Waals surface area (Å²) in [6, 6.07) is 7.16. The smallest absolute Gasteiger partial charge is 0.271 e. The Morgan fingerprint density at radius 3 is 2.29 bits per heavy atom. The minimum atomic E-state index is -0.296. The van der Waals surface area contributed by atoms with Crippen molar-refractivity contribution in [2.45, 2.75) is 20.8 Å². The lowest BCUT2D eigenvalue weighted by Crippen LogP contribution is -2.21. The molecule has 1 aromatic carbocycles. The number of benzene rings is 1. The summed E-state index contributed by atoms with van der Waals surface area (Å²) in [5, 5.41) is 15.3. The zero-order valence-corrected chi connectivity index (χ0v) is 10.1. The number of oxime groups is 1. The van der Waals surface area contributed by atoms with E-state index in [1.165, 1.54) is 0 Å². The molecule has 0 aliphatic heterocycles. The second-order valence-corrected chi connectivity index (χ2v) is 3.69. The number of hydrogen-bond acceptors (Lipinski definition) is 4. The summed E-state index contributed by atoms with van der Waals surface area (Å²) in [5.74, 6) is -0.296. The first-order valence-electron chi connectivity index (χ1n) is 5.15. The summed E-state index contributed by atoms with van der Waals surface area (Å²) in [6.45, 7) is 5.19. The molecule has 1 aromatic rings. The molecule has 0 aliphatic carbocycles. The van der Waals surface area contributed by atoms with Crippen LogP contribution in [0.1, 0.15) is 29.8 Å². The van der Waals surface area contributed by atoms with E-state index in [0.29, 0.717) is 17.0 Å². The zero-order valence-electron chi connectivity index (χ0n) is 10.1. The number of carbonyl (C=O) groups is 1. The monoisotopic (exact) mass is 233 g/mol. The molecule has 0 spiro atoms. The molecule has 0 radical (unpaired) electrons. The molecule has 0 unspecified atom stereocenters. The van der Waals surface area contributed by atoms with Gasteiger partial charge in [-0.3, -0.25) is 4.79 Å². The lowest BCUT2D eigenvalue weighted by molar-refractivity contribution is 0.0955. The van der Waals surface area contributed by atoms with Crippen molar-refractivity contribution in [2.24, 2.45) is 10.3 Å². The minimum absolute atomic E-state index is 0.296. The van der Waals surface area contributed by atoms with Gasteiger partial charge in [-0.15, -0.1) is 0 Å². The van der Waals surface area contributed by atoms with Gasteiger partial charge in [0, 0.05) is 5.56 Å². The number of rotatable bonds is 3. The van der Waals surface area contributed by atoms with Gasteiger partial charge in [-0.1, -0.05) is 22.9 Å². The number of nitrogens with one attached hydrogen (secondary N) is 1. The van der Waals surface area contributed by atoms with E-state index < -0.39 is 0 Å². The number of hydrazone groups is 1. The van der Waals surface area contributed by atoms with Crippen molar-refractivity contribution in [1.29, 1.82) is 0 Å². The Balaban J connectivity index is 2.71. The average Bonchev–Trinajstić information content (AvgIpc) is 2.35. The van der Waals surface area contributed by atoms with Crippen LogP contribution >= 0.6 is 0 Å². The second-order valence-electron chi connectivity index (χ2n) is 3.69. The third kappa shape index (κ3) is 3.71. The molecule has 0 saturated carbocycles. The first kappa shape index (κ1) is 12.9. The van der Waals surface area contributed by atoms with Crippen LogP contribution in [0.25, 0.3) is 0 Å². The number of nitrogens with zero attached hydrogens (tertiary/aromatic N) is 2. The van der Waals surface area contributed by atoms with E-state index in [-0.39, 0.29) is 5.91 Å². The predicted octanol–water partition coefficient (Wildman–Crippen LogP) is 1.95. The molecule has 0 atom stereocenters. The number of amides is 1. The highest BCUT2D eigenvalue weighted by molar-refractivity contribution is 6.40. The molecule has 1 amide bonds. The Kier molecular flexibility index (Phi) is 4.39. The summed E-state index contributed by atoms with van der Waals surface area (Å²) >= 11 is 0. The summed E-state index contributed by atoms with van der Waals surface area (Å²) in [5.41, 5.74) is 4.82. The van der Waals surface area contributed by atoms with Crippen LogP contribution < -0.4 is 5.43 Å². The van der Waals surface area contributed by atoms with Gasteiger partial charge in [0.2, 0.25) is 0 Å². The maximum absolute atomic E-state index is 11.7. The minimum Gasteiger partial charge on any atom is -0.411 e. The molecule has 0 saturated heterocycles. The normalized spacial score (nSPS) is 12.4. The summed E-state index contributed by atoms with van der Waals surface area (Å²) in [4.78, 5) is 11.7. The molecule has 0 aliphatic rings. The van der Waals surface area contributed by atoms with Gasteiger partial charge in [-0.05, 0) is 32.9 Å². The van der Waals surface area contributed by atoms with Crippen molar-refractivity contribution >= 4 is 17.3 Å². The Hall–Kier alpha value is -2.17. The van der Waals surface area contributed by atoms with Crippen molar-refractivity contribution in [3.05, 3.63) is 35.4 Å². The van der Waals surface area contributed by atoms with Gasteiger partial charge in [0.15, 0.2) is 0 Å². The third-order valence-electron chi connectivity index (χ3n) is 2.31. The summed E-state index contributed by atoms with van der Waals surface area (Å²) in [6.07, 6.45) is 0. The molecule has 17 heavy (non-hydrogen) atoms. The van der Waals surface area contributed by atoms with E-state index in [2.05, 4.69) is 15.7 Å². The van der Waals surface area contributed by atoms with Crippen LogP contribution in [0.5, 0.6) is 0 Å². The third-order valence-corrected chi connectivity index (χ3v) is 2.31. The van der Waals surface area contributed by atoms with Gasteiger partial charge >= 0.3 is 0 Å². The zero-order chi connectivity index (χ0) is 12.8. The lowest BCUT2D eigenvalue weighted by atomic mass is 10.1. The van der Waals surface area contributed by atoms with Crippen LogP contribution in [0.4, 0.5) is 0 Å². The van der Waals surface area contributed by atoms with Crippen LogP contribution in [0.15, 0.2) is 34.5 Å². The molecule has 5 heteroatoms. The van der Waals surface area contributed by atoms with Gasteiger partial charge in [0.25, 0.3) is 5.91 Å². The highest BCUT2D eigenvalue weighted by atomic mass is 16.4.